The second kappa shape index (κ2) is 8.10. The molecule has 1 aromatic heterocycles. The Morgan fingerprint density at radius 1 is 1.03 bits per heavy atom. The Morgan fingerprint density at radius 2 is 1.90 bits per heavy atom. The average Bonchev–Trinajstić information content (AvgIpc) is 2.77. The van der Waals surface area contributed by atoms with Crippen molar-refractivity contribution < 1.29 is 13.9 Å². The summed E-state index contributed by atoms with van der Waals surface area (Å²) in [5, 5.41) is 4.84. The Hall–Kier alpha value is -3.73. The normalized spacial score (nSPS) is 10.7. The van der Waals surface area contributed by atoms with Crippen LogP contribution in [0.1, 0.15) is 15.9 Å². The van der Waals surface area contributed by atoms with Gasteiger partial charge in [0.05, 0.1) is 7.11 Å². The molecule has 29 heavy (non-hydrogen) atoms. The quantitative estimate of drug-likeness (QED) is 0.526. The molecule has 0 unspecified atom stereocenters. The van der Waals surface area contributed by atoms with Crippen LogP contribution in [0.4, 0.5) is 4.39 Å². The first-order valence-corrected chi connectivity index (χ1v) is 9.19. The number of carbonyl (C=O) groups is 1. The molecule has 0 bridgehead atoms. The predicted molar refractivity (Wildman–Crippen MR) is 111 cm³/mol. The van der Waals surface area contributed by atoms with Gasteiger partial charge in [0.1, 0.15) is 11.6 Å². The van der Waals surface area contributed by atoms with Gasteiger partial charge in [0, 0.05) is 29.9 Å². The van der Waals surface area contributed by atoms with Crippen molar-refractivity contribution in [2.45, 2.75) is 6.54 Å². The van der Waals surface area contributed by atoms with Crippen molar-refractivity contribution in [2.75, 3.05) is 7.11 Å². The summed E-state index contributed by atoms with van der Waals surface area (Å²) in [6.07, 6.45) is 3.55. The fourth-order valence-electron chi connectivity index (χ4n) is 3.35. The smallest absolute Gasteiger partial charge is 0.251 e. The van der Waals surface area contributed by atoms with E-state index in [2.05, 4.69) is 10.3 Å². The van der Waals surface area contributed by atoms with E-state index in [0.29, 0.717) is 12.1 Å². The van der Waals surface area contributed by atoms with Gasteiger partial charge in [-0.1, -0.05) is 30.3 Å². The monoisotopic (exact) mass is 386 g/mol. The number of aromatic nitrogens is 1. The molecule has 0 fully saturated rings. The SMILES string of the molecule is COc1cccc(-c2ccc(CNC(=O)c3cccc(F)c3)c3cnccc23)c1. The molecule has 0 aliphatic rings. The zero-order valence-corrected chi connectivity index (χ0v) is 15.9. The van der Waals surface area contributed by atoms with Crippen LogP contribution in [-0.4, -0.2) is 18.0 Å². The molecule has 144 valence electrons. The van der Waals surface area contributed by atoms with Crippen LogP contribution >= 0.6 is 0 Å². The van der Waals surface area contributed by atoms with Gasteiger partial charge in [-0.2, -0.15) is 0 Å². The number of amides is 1. The fraction of sp³-hybridized carbons (Fsp3) is 0.0833. The van der Waals surface area contributed by atoms with Crippen molar-refractivity contribution in [3.8, 4) is 16.9 Å². The summed E-state index contributed by atoms with van der Waals surface area (Å²) in [5.74, 6) is 0.0319. The summed E-state index contributed by atoms with van der Waals surface area (Å²) in [6, 6.07) is 19.5. The van der Waals surface area contributed by atoms with E-state index in [1.54, 1.807) is 25.6 Å². The van der Waals surface area contributed by atoms with Crippen LogP contribution in [0.15, 0.2) is 79.1 Å². The molecule has 4 aromatic rings. The number of halogens is 1. The minimum atomic E-state index is -0.435. The van der Waals surface area contributed by atoms with E-state index in [0.717, 1.165) is 33.2 Å². The van der Waals surface area contributed by atoms with E-state index in [9.17, 15) is 9.18 Å². The maximum Gasteiger partial charge on any atom is 0.251 e. The molecule has 0 saturated heterocycles. The maximum atomic E-state index is 13.4. The van der Waals surface area contributed by atoms with Gasteiger partial charge in [0.15, 0.2) is 0 Å². The standard InChI is InChI=1S/C24H19FN2O2/c1-29-20-7-3-4-16(13-20)21-9-8-18(23-15-26-11-10-22(21)23)14-27-24(28)17-5-2-6-19(25)12-17/h2-13,15H,14H2,1H3,(H,27,28). The van der Waals surface area contributed by atoms with Crippen LogP contribution in [0.3, 0.4) is 0 Å². The zero-order valence-electron chi connectivity index (χ0n) is 15.9. The lowest BCUT2D eigenvalue weighted by molar-refractivity contribution is 0.0950. The molecule has 0 atom stereocenters. The minimum absolute atomic E-state index is 0.292. The van der Waals surface area contributed by atoms with E-state index >= 15 is 0 Å². The first kappa shape index (κ1) is 18.6. The Labute approximate surface area is 168 Å². The predicted octanol–water partition coefficient (Wildman–Crippen LogP) is 4.98. The number of methoxy groups -OCH3 is 1. The van der Waals surface area contributed by atoms with E-state index in [1.165, 1.54) is 18.2 Å². The molecular weight excluding hydrogens is 367 g/mol. The third-order valence-corrected chi connectivity index (χ3v) is 4.82. The molecule has 3 aromatic carbocycles. The number of nitrogens with zero attached hydrogens (tertiary/aromatic N) is 1. The van der Waals surface area contributed by atoms with Crippen molar-refractivity contribution >= 4 is 16.7 Å². The number of nitrogens with one attached hydrogen (secondary N) is 1. The first-order valence-electron chi connectivity index (χ1n) is 9.19. The number of hydrogen-bond acceptors (Lipinski definition) is 3. The second-order valence-electron chi connectivity index (χ2n) is 6.62. The van der Waals surface area contributed by atoms with Gasteiger partial charge in [0.25, 0.3) is 5.91 Å². The third-order valence-electron chi connectivity index (χ3n) is 4.82. The summed E-state index contributed by atoms with van der Waals surface area (Å²) < 4.78 is 18.7. The van der Waals surface area contributed by atoms with Gasteiger partial charge in [-0.25, -0.2) is 4.39 Å². The van der Waals surface area contributed by atoms with E-state index in [4.69, 9.17) is 4.74 Å². The maximum absolute atomic E-state index is 13.4. The molecule has 4 rings (SSSR count). The third kappa shape index (κ3) is 3.94. The second-order valence-corrected chi connectivity index (χ2v) is 6.62. The summed E-state index contributed by atoms with van der Waals surface area (Å²) in [4.78, 5) is 16.6. The lowest BCUT2D eigenvalue weighted by Crippen LogP contribution is -2.23. The Morgan fingerprint density at radius 3 is 2.72 bits per heavy atom. The molecule has 1 N–H and O–H groups in total. The number of pyridine rings is 1. The Bertz CT molecular complexity index is 1190. The molecule has 1 amide bonds. The van der Waals surface area contributed by atoms with Gasteiger partial charge < -0.3 is 10.1 Å². The van der Waals surface area contributed by atoms with E-state index < -0.39 is 5.82 Å². The number of carbonyl (C=O) groups excluding carboxylic acids is 1. The van der Waals surface area contributed by atoms with Crippen LogP contribution < -0.4 is 10.1 Å². The summed E-state index contributed by atoms with van der Waals surface area (Å²) >= 11 is 0. The minimum Gasteiger partial charge on any atom is -0.497 e. The molecule has 0 aliphatic heterocycles. The lowest BCUT2D eigenvalue weighted by atomic mass is 9.96. The van der Waals surface area contributed by atoms with E-state index in [1.807, 2.05) is 42.5 Å². The highest BCUT2D eigenvalue weighted by Gasteiger charge is 2.11. The number of benzene rings is 3. The van der Waals surface area contributed by atoms with Crippen LogP contribution in [0, 0.1) is 5.82 Å². The molecule has 0 spiro atoms. The molecule has 4 nitrogen and oxygen atoms in total. The summed E-state index contributed by atoms with van der Waals surface area (Å²) in [7, 11) is 1.64. The van der Waals surface area contributed by atoms with Crippen molar-refractivity contribution in [3.05, 3.63) is 96.1 Å². The van der Waals surface area contributed by atoms with E-state index in [-0.39, 0.29) is 5.91 Å². The van der Waals surface area contributed by atoms with Gasteiger partial charge in [-0.15, -0.1) is 0 Å². The Kier molecular flexibility index (Phi) is 5.20. The van der Waals surface area contributed by atoms with Crippen LogP contribution in [0.25, 0.3) is 21.9 Å². The fourth-order valence-corrected chi connectivity index (χ4v) is 3.35. The van der Waals surface area contributed by atoms with Gasteiger partial charge in [0.2, 0.25) is 0 Å². The van der Waals surface area contributed by atoms with Gasteiger partial charge >= 0.3 is 0 Å². The van der Waals surface area contributed by atoms with Crippen LogP contribution in [0.5, 0.6) is 5.75 Å². The van der Waals surface area contributed by atoms with Crippen molar-refractivity contribution in [1.82, 2.24) is 10.3 Å². The van der Waals surface area contributed by atoms with Crippen molar-refractivity contribution in [3.63, 3.8) is 0 Å². The number of fused-ring (bicyclic) bond motifs is 1. The number of hydrogen-bond donors (Lipinski definition) is 1. The highest BCUT2D eigenvalue weighted by Crippen LogP contribution is 2.32. The largest absolute Gasteiger partial charge is 0.497 e. The van der Waals surface area contributed by atoms with Crippen molar-refractivity contribution in [1.29, 1.82) is 0 Å². The Balaban J connectivity index is 1.65. The molecule has 1 heterocycles. The zero-order chi connectivity index (χ0) is 20.2. The highest BCUT2D eigenvalue weighted by molar-refractivity contribution is 5.99. The number of ether oxygens (including phenoxy) is 1. The summed E-state index contributed by atoms with van der Waals surface area (Å²) in [6.45, 7) is 0.315. The van der Waals surface area contributed by atoms with Crippen LogP contribution in [-0.2, 0) is 6.54 Å². The topological polar surface area (TPSA) is 51.2 Å². The molecule has 0 saturated carbocycles. The van der Waals surface area contributed by atoms with Crippen molar-refractivity contribution in [2.24, 2.45) is 0 Å². The van der Waals surface area contributed by atoms with Crippen LogP contribution in [0.2, 0.25) is 0 Å². The molecule has 5 heteroatoms. The first-order chi connectivity index (χ1) is 14.2. The lowest BCUT2D eigenvalue weighted by Gasteiger charge is -2.13. The molecule has 0 aliphatic carbocycles. The average molecular weight is 386 g/mol. The van der Waals surface area contributed by atoms with Gasteiger partial charge in [-0.3, -0.25) is 9.78 Å². The number of rotatable bonds is 5. The highest BCUT2D eigenvalue weighted by atomic mass is 19.1. The molecular formula is C24H19FN2O2. The van der Waals surface area contributed by atoms with Gasteiger partial charge in [-0.05, 0) is 58.5 Å². The summed E-state index contributed by atoms with van der Waals surface area (Å²) in [5.41, 5.74) is 3.32. The molecule has 0 radical (unpaired) electrons.